The number of nitrogens with zero attached hydrogens (tertiary/aromatic N) is 2. The molecular formula is C25H31N3O5. The van der Waals surface area contributed by atoms with Crippen molar-refractivity contribution >= 4 is 17.7 Å². The highest BCUT2D eigenvalue weighted by Gasteiger charge is 2.29. The quantitative estimate of drug-likeness (QED) is 0.752. The maximum absolute atomic E-state index is 12.8. The van der Waals surface area contributed by atoms with Crippen LogP contribution >= 0.6 is 0 Å². The average Bonchev–Trinajstić information content (AvgIpc) is 3.36. The van der Waals surface area contributed by atoms with Gasteiger partial charge in [-0.1, -0.05) is 12.1 Å². The number of carbonyl (C=O) groups is 3. The first-order valence-electron chi connectivity index (χ1n) is 11.5. The Kier molecular flexibility index (Phi) is 7.13. The van der Waals surface area contributed by atoms with Gasteiger partial charge in [-0.3, -0.25) is 14.4 Å². The van der Waals surface area contributed by atoms with Gasteiger partial charge in [0.25, 0.3) is 11.8 Å². The lowest BCUT2D eigenvalue weighted by Gasteiger charge is -2.35. The summed E-state index contributed by atoms with van der Waals surface area (Å²) in [5, 5.41) is 2.99. The van der Waals surface area contributed by atoms with Gasteiger partial charge in [0, 0.05) is 44.2 Å². The van der Waals surface area contributed by atoms with Crippen LogP contribution in [0, 0.1) is 5.92 Å². The maximum atomic E-state index is 12.8. The molecule has 0 spiro atoms. The molecule has 3 amide bonds. The number of benzene rings is 1. The Labute approximate surface area is 193 Å². The van der Waals surface area contributed by atoms with Gasteiger partial charge in [-0.25, -0.2) is 0 Å². The summed E-state index contributed by atoms with van der Waals surface area (Å²) in [5.41, 5.74) is 1.58. The van der Waals surface area contributed by atoms with E-state index >= 15 is 0 Å². The summed E-state index contributed by atoms with van der Waals surface area (Å²) in [6.07, 6.45) is 2.80. The minimum absolute atomic E-state index is 0.00319. The molecular weight excluding hydrogens is 422 g/mol. The summed E-state index contributed by atoms with van der Waals surface area (Å²) < 4.78 is 10.9. The fraction of sp³-hybridized carbons (Fsp3) is 0.480. The predicted molar refractivity (Wildman–Crippen MR) is 122 cm³/mol. The SMILES string of the molecule is CC1CN(C(=O)c2ccc(CNC(=O)C3CCN(C(=O)c4ccco4)CC3)cc2)CC(C)O1. The number of piperidine rings is 1. The normalized spacial score (nSPS) is 21.6. The molecule has 2 aliphatic rings. The molecule has 1 aromatic carbocycles. The lowest BCUT2D eigenvalue weighted by atomic mass is 9.95. The second-order valence-corrected chi connectivity index (χ2v) is 8.93. The smallest absolute Gasteiger partial charge is 0.289 e. The molecule has 1 N–H and O–H groups in total. The topological polar surface area (TPSA) is 92.1 Å². The van der Waals surface area contributed by atoms with Crippen molar-refractivity contribution in [2.45, 2.75) is 45.4 Å². The van der Waals surface area contributed by atoms with Crippen molar-refractivity contribution in [2.75, 3.05) is 26.2 Å². The van der Waals surface area contributed by atoms with E-state index in [-0.39, 0.29) is 35.8 Å². The molecule has 2 atom stereocenters. The van der Waals surface area contributed by atoms with Crippen LogP contribution in [0.1, 0.15) is 53.2 Å². The van der Waals surface area contributed by atoms with E-state index in [1.807, 2.05) is 43.0 Å². The predicted octanol–water partition coefficient (Wildman–Crippen LogP) is 2.70. The molecule has 0 saturated carbocycles. The Hall–Kier alpha value is -3.13. The van der Waals surface area contributed by atoms with Crippen LogP contribution in [0.4, 0.5) is 0 Å². The van der Waals surface area contributed by atoms with E-state index in [9.17, 15) is 14.4 Å². The van der Waals surface area contributed by atoms with Crippen molar-refractivity contribution in [1.82, 2.24) is 15.1 Å². The molecule has 3 heterocycles. The minimum atomic E-state index is -0.130. The van der Waals surface area contributed by atoms with Gasteiger partial charge >= 0.3 is 0 Å². The molecule has 33 heavy (non-hydrogen) atoms. The average molecular weight is 454 g/mol. The van der Waals surface area contributed by atoms with E-state index in [2.05, 4.69) is 5.32 Å². The molecule has 2 fully saturated rings. The summed E-state index contributed by atoms with van der Waals surface area (Å²) in [6, 6.07) is 10.7. The number of furan rings is 1. The van der Waals surface area contributed by atoms with Gasteiger partial charge in [0.1, 0.15) is 0 Å². The van der Waals surface area contributed by atoms with Crippen LogP contribution in [0.25, 0.3) is 0 Å². The molecule has 2 unspecified atom stereocenters. The van der Waals surface area contributed by atoms with Crippen LogP contribution in [0.3, 0.4) is 0 Å². The highest BCUT2D eigenvalue weighted by molar-refractivity contribution is 5.94. The summed E-state index contributed by atoms with van der Waals surface area (Å²) in [7, 11) is 0. The number of likely N-dealkylation sites (tertiary alicyclic amines) is 1. The molecule has 8 heteroatoms. The van der Waals surface area contributed by atoms with Gasteiger partial charge in [-0.15, -0.1) is 0 Å². The van der Waals surface area contributed by atoms with Gasteiger partial charge in [-0.2, -0.15) is 0 Å². The van der Waals surface area contributed by atoms with E-state index in [1.165, 1.54) is 6.26 Å². The van der Waals surface area contributed by atoms with Crippen molar-refractivity contribution in [2.24, 2.45) is 5.92 Å². The van der Waals surface area contributed by atoms with Crippen LogP contribution < -0.4 is 5.32 Å². The molecule has 0 radical (unpaired) electrons. The third-order valence-corrected chi connectivity index (χ3v) is 6.26. The maximum Gasteiger partial charge on any atom is 0.289 e. The number of morpholine rings is 1. The van der Waals surface area contributed by atoms with E-state index in [0.29, 0.717) is 56.9 Å². The van der Waals surface area contributed by atoms with Gasteiger partial charge < -0.3 is 24.3 Å². The van der Waals surface area contributed by atoms with E-state index < -0.39 is 0 Å². The Morgan fingerprint density at radius 2 is 1.61 bits per heavy atom. The van der Waals surface area contributed by atoms with Gasteiger partial charge in [-0.05, 0) is 56.5 Å². The largest absolute Gasteiger partial charge is 0.459 e. The van der Waals surface area contributed by atoms with E-state index in [4.69, 9.17) is 9.15 Å². The number of hydrogen-bond acceptors (Lipinski definition) is 5. The van der Waals surface area contributed by atoms with Crippen LogP contribution in [-0.4, -0.2) is 65.9 Å². The lowest BCUT2D eigenvalue weighted by Crippen LogP contribution is -2.48. The summed E-state index contributed by atoms with van der Waals surface area (Å²) >= 11 is 0. The highest BCUT2D eigenvalue weighted by atomic mass is 16.5. The molecule has 8 nitrogen and oxygen atoms in total. The Bertz CT molecular complexity index is 954. The highest BCUT2D eigenvalue weighted by Crippen LogP contribution is 2.20. The number of rotatable bonds is 5. The van der Waals surface area contributed by atoms with Crippen molar-refractivity contribution in [3.63, 3.8) is 0 Å². The molecule has 1 aromatic heterocycles. The Balaban J connectivity index is 1.23. The van der Waals surface area contributed by atoms with Crippen molar-refractivity contribution in [3.8, 4) is 0 Å². The summed E-state index contributed by atoms with van der Waals surface area (Å²) in [4.78, 5) is 41.3. The van der Waals surface area contributed by atoms with Gasteiger partial charge in [0.2, 0.25) is 5.91 Å². The Morgan fingerprint density at radius 3 is 2.21 bits per heavy atom. The monoisotopic (exact) mass is 453 g/mol. The van der Waals surface area contributed by atoms with Crippen LogP contribution in [0.15, 0.2) is 47.1 Å². The first-order valence-corrected chi connectivity index (χ1v) is 11.5. The molecule has 0 bridgehead atoms. The van der Waals surface area contributed by atoms with Gasteiger partial charge in [0.15, 0.2) is 5.76 Å². The lowest BCUT2D eigenvalue weighted by molar-refractivity contribution is -0.126. The fourth-order valence-electron chi connectivity index (χ4n) is 4.53. The zero-order valence-corrected chi connectivity index (χ0v) is 19.2. The molecule has 2 saturated heterocycles. The summed E-state index contributed by atoms with van der Waals surface area (Å²) in [5.74, 6) is 0.0868. The molecule has 2 aliphatic heterocycles. The zero-order chi connectivity index (χ0) is 23.4. The van der Waals surface area contributed by atoms with Crippen molar-refractivity contribution < 1.29 is 23.5 Å². The minimum Gasteiger partial charge on any atom is -0.459 e. The zero-order valence-electron chi connectivity index (χ0n) is 19.2. The fourth-order valence-corrected chi connectivity index (χ4v) is 4.53. The number of hydrogen-bond donors (Lipinski definition) is 1. The molecule has 176 valence electrons. The molecule has 2 aromatic rings. The van der Waals surface area contributed by atoms with Crippen LogP contribution in [0.5, 0.6) is 0 Å². The molecule has 0 aliphatic carbocycles. The number of amides is 3. The van der Waals surface area contributed by atoms with Crippen molar-refractivity contribution in [3.05, 3.63) is 59.5 Å². The standard InChI is InChI=1S/C25H31N3O5/c1-17-15-28(16-18(2)33-17)24(30)21-7-5-19(6-8-21)14-26-23(29)20-9-11-27(12-10-20)25(31)22-4-3-13-32-22/h3-8,13,17-18,20H,9-12,14-16H2,1-2H3,(H,26,29). The number of nitrogens with one attached hydrogen (secondary N) is 1. The first kappa shape index (κ1) is 23.0. The third-order valence-electron chi connectivity index (χ3n) is 6.26. The van der Waals surface area contributed by atoms with Gasteiger partial charge in [0.05, 0.1) is 18.5 Å². The van der Waals surface area contributed by atoms with Crippen LogP contribution in [-0.2, 0) is 16.1 Å². The first-order chi connectivity index (χ1) is 15.9. The van der Waals surface area contributed by atoms with Crippen molar-refractivity contribution in [1.29, 1.82) is 0 Å². The number of ether oxygens (including phenoxy) is 1. The number of carbonyl (C=O) groups excluding carboxylic acids is 3. The third kappa shape index (κ3) is 5.63. The summed E-state index contributed by atoms with van der Waals surface area (Å²) in [6.45, 7) is 6.61. The second kappa shape index (κ2) is 10.2. The molecule has 4 rings (SSSR count). The Morgan fingerprint density at radius 1 is 0.939 bits per heavy atom. The van der Waals surface area contributed by atoms with E-state index in [1.54, 1.807) is 17.0 Å². The van der Waals surface area contributed by atoms with Crippen LogP contribution in [0.2, 0.25) is 0 Å². The second-order valence-electron chi connectivity index (χ2n) is 8.93. The van der Waals surface area contributed by atoms with E-state index in [0.717, 1.165) is 5.56 Å².